The largest absolute Gasteiger partial charge is 0.392 e. The molecule has 1 amide bonds. The maximum Gasteiger partial charge on any atom is 0.237 e. The Morgan fingerprint density at radius 2 is 2.26 bits per heavy atom. The summed E-state index contributed by atoms with van der Waals surface area (Å²) in [5.41, 5.74) is 0.230. The molecule has 0 radical (unpaired) electrons. The smallest absolute Gasteiger partial charge is 0.237 e. The Morgan fingerprint density at radius 3 is 2.84 bits per heavy atom. The standard InChI is InChI=1S/C13H16F2N2O2/c1-7(10-3-2-8(14)4-11(10)15)17-13(19)12-5-9(18)6-16-12/h2-4,7,9,12,16,18H,5-6H2,1H3,(H,17,19)/t7-,9+,12+/m0/s1. The van der Waals surface area contributed by atoms with Gasteiger partial charge in [0.2, 0.25) is 5.91 Å². The highest BCUT2D eigenvalue weighted by atomic mass is 19.1. The van der Waals surface area contributed by atoms with Gasteiger partial charge >= 0.3 is 0 Å². The minimum Gasteiger partial charge on any atom is -0.392 e. The van der Waals surface area contributed by atoms with Gasteiger partial charge < -0.3 is 15.7 Å². The van der Waals surface area contributed by atoms with Gasteiger partial charge in [-0.3, -0.25) is 4.79 Å². The van der Waals surface area contributed by atoms with Crippen LogP contribution in [0, 0.1) is 11.6 Å². The SMILES string of the molecule is C[C@H](NC(=O)[C@H]1C[C@@H](O)CN1)c1ccc(F)cc1F. The Balaban J connectivity index is 2.00. The lowest BCUT2D eigenvalue weighted by Gasteiger charge is -2.18. The molecule has 1 aliphatic rings. The number of nitrogens with one attached hydrogen (secondary N) is 2. The summed E-state index contributed by atoms with van der Waals surface area (Å²) >= 11 is 0. The van der Waals surface area contributed by atoms with E-state index in [2.05, 4.69) is 10.6 Å². The van der Waals surface area contributed by atoms with E-state index in [-0.39, 0.29) is 11.5 Å². The van der Waals surface area contributed by atoms with Gasteiger partial charge in [-0.05, 0) is 19.4 Å². The summed E-state index contributed by atoms with van der Waals surface area (Å²) in [4.78, 5) is 11.9. The van der Waals surface area contributed by atoms with Crippen LogP contribution in [0.2, 0.25) is 0 Å². The van der Waals surface area contributed by atoms with Crippen LogP contribution in [0.1, 0.15) is 24.9 Å². The number of carbonyl (C=O) groups excluding carboxylic acids is 1. The van der Waals surface area contributed by atoms with Crippen molar-refractivity contribution in [3.8, 4) is 0 Å². The predicted molar refractivity (Wildman–Crippen MR) is 65.3 cm³/mol. The van der Waals surface area contributed by atoms with Gasteiger partial charge in [0.1, 0.15) is 11.6 Å². The van der Waals surface area contributed by atoms with Crippen LogP contribution in [0.4, 0.5) is 8.78 Å². The first kappa shape index (κ1) is 13.9. The third-order valence-electron chi connectivity index (χ3n) is 3.21. The lowest BCUT2D eigenvalue weighted by molar-refractivity contribution is -0.123. The summed E-state index contributed by atoms with van der Waals surface area (Å²) in [7, 11) is 0. The van der Waals surface area contributed by atoms with Crippen molar-refractivity contribution >= 4 is 5.91 Å². The van der Waals surface area contributed by atoms with Crippen molar-refractivity contribution in [2.45, 2.75) is 31.5 Å². The summed E-state index contributed by atoms with van der Waals surface area (Å²) in [5.74, 6) is -1.64. The number of rotatable bonds is 3. The van der Waals surface area contributed by atoms with Crippen LogP contribution in [-0.4, -0.2) is 29.7 Å². The lowest BCUT2D eigenvalue weighted by Crippen LogP contribution is -2.41. The molecule has 3 N–H and O–H groups in total. The summed E-state index contributed by atoms with van der Waals surface area (Å²) in [6.07, 6.45) is -0.196. The average molecular weight is 270 g/mol. The highest BCUT2D eigenvalue weighted by molar-refractivity contribution is 5.82. The summed E-state index contributed by atoms with van der Waals surface area (Å²) < 4.78 is 26.3. The molecule has 0 bridgehead atoms. The first-order chi connectivity index (χ1) is 8.97. The molecule has 0 aliphatic carbocycles. The molecule has 3 atom stereocenters. The quantitative estimate of drug-likeness (QED) is 0.763. The summed E-state index contributed by atoms with van der Waals surface area (Å²) in [6.45, 7) is 2.00. The van der Waals surface area contributed by atoms with Crippen molar-refractivity contribution in [2.24, 2.45) is 0 Å². The van der Waals surface area contributed by atoms with Crippen molar-refractivity contribution in [1.29, 1.82) is 0 Å². The molecule has 1 fully saturated rings. The molecule has 4 nitrogen and oxygen atoms in total. The zero-order chi connectivity index (χ0) is 14.0. The fourth-order valence-corrected chi connectivity index (χ4v) is 2.16. The van der Waals surface area contributed by atoms with Crippen molar-refractivity contribution < 1.29 is 18.7 Å². The zero-order valence-corrected chi connectivity index (χ0v) is 10.5. The third kappa shape index (κ3) is 3.27. The Labute approximate surface area is 109 Å². The number of β-amino-alcohol motifs (C(OH)–C–C–N with tert-alkyl or cyclic N) is 1. The first-order valence-electron chi connectivity index (χ1n) is 6.14. The van der Waals surface area contributed by atoms with Crippen LogP contribution in [0.5, 0.6) is 0 Å². The second kappa shape index (κ2) is 5.63. The Bertz CT molecular complexity index is 482. The highest BCUT2D eigenvalue weighted by Crippen LogP contribution is 2.18. The van der Waals surface area contributed by atoms with Gasteiger partial charge in [-0.1, -0.05) is 6.07 Å². The van der Waals surface area contributed by atoms with Gasteiger partial charge in [0.25, 0.3) is 0 Å². The molecular weight excluding hydrogens is 254 g/mol. The third-order valence-corrected chi connectivity index (χ3v) is 3.21. The zero-order valence-electron chi connectivity index (χ0n) is 10.5. The summed E-state index contributed by atoms with van der Waals surface area (Å²) in [6, 6.07) is 2.22. The topological polar surface area (TPSA) is 61.4 Å². The second-order valence-electron chi connectivity index (χ2n) is 4.75. The van der Waals surface area contributed by atoms with Crippen LogP contribution < -0.4 is 10.6 Å². The number of hydrogen-bond donors (Lipinski definition) is 3. The molecular formula is C13H16F2N2O2. The van der Waals surface area contributed by atoms with Gasteiger partial charge in [0.15, 0.2) is 0 Å². The van der Waals surface area contributed by atoms with Gasteiger partial charge in [-0.25, -0.2) is 8.78 Å². The molecule has 6 heteroatoms. The maximum absolute atomic E-state index is 13.5. The van der Waals surface area contributed by atoms with E-state index in [1.165, 1.54) is 6.07 Å². The van der Waals surface area contributed by atoms with E-state index in [1.807, 2.05) is 0 Å². The Kier molecular flexibility index (Phi) is 4.11. The van der Waals surface area contributed by atoms with Crippen LogP contribution in [0.25, 0.3) is 0 Å². The molecule has 2 rings (SSSR count). The summed E-state index contributed by atoms with van der Waals surface area (Å²) in [5, 5.41) is 14.8. The van der Waals surface area contributed by atoms with Gasteiger partial charge in [-0.15, -0.1) is 0 Å². The van der Waals surface area contributed by atoms with E-state index in [9.17, 15) is 18.7 Å². The fourth-order valence-electron chi connectivity index (χ4n) is 2.16. The molecule has 1 aromatic carbocycles. The number of halogens is 2. The molecule has 0 aromatic heterocycles. The minimum atomic E-state index is -0.688. The second-order valence-corrected chi connectivity index (χ2v) is 4.75. The molecule has 19 heavy (non-hydrogen) atoms. The fraction of sp³-hybridized carbons (Fsp3) is 0.462. The number of aliphatic hydroxyl groups excluding tert-OH is 1. The molecule has 1 heterocycles. The van der Waals surface area contributed by atoms with Gasteiger partial charge in [0, 0.05) is 18.2 Å². The van der Waals surface area contributed by atoms with Crippen LogP contribution in [0.3, 0.4) is 0 Å². The van der Waals surface area contributed by atoms with E-state index in [1.54, 1.807) is 6.92 Å². The van der Waals surface area contributed by atoms with E-state index in [0.717, 1.165) is 12.1 Å². The predicted octanol–water partition coefficient (Wildman–Crippen LogP) is 0.865. The maximum atomic E-state index is 13.5. The number of aliphatic hydroxyl groups is 1. The van der Waals surface area contributed by atoms with E-state index in [0.29, 0.717) is 13.0 Å². The van der Waals surface area contributed by atoms with Crippen molar-refractivity contribution in [3.05, 3.63) is 35.4 Å². The number of benzene rings is 1. The lowest BCUT2D eigenvalue weighted by atomic mass is 10.1. The number of hydrogen-bond acceptors (Lipinski definition) is 3. The van der Waals surface area contributed by atoms with Crippen molar-refractivity contribution in [3.63, 3.8) is 0 Å². The molecule has 104 valence electrons. The van der Waals surface area contributed by atoms with E-state index in [4.69, 9.17) is 0 Å². The van der Waals surface area contributed by atoms with Crippen LogP contribution in [-0.2, 0) is 4.79 Å². The van der Waals surface area contributed by atoms with Crippen molar-refractivity contribution in [2.75, 3.05) is 6.54 Å². The molecule has 0 unspecified atom stereocenters. The average Bonchev–Trinajstić information content (AvgIpc) is 2.75. The Morgan fingerprint density at radius 1 is 1.53 bits per heavy atom. The van der Waals surface area contributed by atoms with Gasteiger partial charge in [0.05, 0.1) is 18.2 Å². The molecule has 0 spiro atoms. The normalized spacial score (nSPS) is 24.2. The van der Waals surface area contributed by atoms with E-state index < -0.39 is 29.8 Å². The molecule has 1 aliphatic heterocycles. The molecule has 1 saturated heterocycles. The van der Waals surface area contributed by atoms with Gasteiger partial charge in [-0.2, -0.15) is 0 Å². The number of amides is 1. The monoisotopic (exact) mass is 270 g/mol. The first-order valence-corrected chi connectivity index (χ1v) is 6.14. The Hall–Kier alpha value is -1.53. The minimum absolute atomic E-state index is 0.230. The van der Waals surface area contributed by atoms with Crippen molar-refractivity contribution in [1.82, 2.24) is 10.6 Å². The highest BCUT2D eigenvalue weighted by Gasteiger charge is 2.29. The molecule has 1 aromatic rings. The molecule has 0 saturated carbocycles. The van der Waals surface area contributed by atoms with Crippen LogP contribution in [0.15, 0.2) is 18.2 Å². The van der Waals surface area contributed by atoms with Crippen LogP contribution >= 0.6 is 0 Å². The van der Waals surface area contributed by atoms with E-state index >= 15 is 0 Å². The number of carbonyl (C=O) groups is 1.